The van der Waals surface area contributed by atoms with Gasteiger partial charge in [0.05, 0.1) is 21.3 Å². The summed E-state index contributed by atoms with van der Waals surface area (Å²) in [5, 5.41) is 2.01. The quantitative estimate of drug-likeness (QED) is 0.227. The molecule has 4 rings (SSSR count). The maximum absolute atomic E-state index is 12.5. The van der Waals surface area contributed by atoms with Crippen LogP contribution >= 0.6 is 35.0 Å². The second-order valence-electron chi connectivity index (χ2n) is 7.00. The van der Waals surface area contributed by atoms with Gasteiger partial charge in [-0.15, -0.1) is 11.8 Å². The molecule has 4 aromatic rings. The van der Waals surface area contributed by atoms with E-state index in [2.05, 4.69) is 40.6 Å². The molecular formula is C25H19Cl2N3OS. The molecule has 0 atom stereocenters. The van der Waals surface area contributed by atoms with Crippen LogP contribution in [0.5, 0.6) is 0 Å². The van der Waals surface area contributed by atoms with Gasteiger partial charge in [-0.2, -0.15) is 0 Å². The lowest BCUT2D eigenvalue weighted by atomic mass is 10.1. The maximum atomic E-state index is 12.5. The Kier molecular flexibility index (Phi) is 7.00. The van der Waals surface area contributed by atoms with Crippen molar-refractivity contribution in [2.24, 2.45) is 0 Å². The van der Waals surface area contributed by atoms with E-state index in [0.29, 0.717) is 21.3 Å². The summed E-state index contributed by atoms with van der Waals surface area (Å²) in [6.45, 7) is 3.91. The van der Waals surface area contributed by atoms with E-state index in [1.807, 2.05) is 30.5 Å². The monoisotopic (exact) mass is 479 g/mol. The Labute approximate surface area is 200 Å². The number of hydrogen-bond donors (Lipinski definition) is 2. The first-order valence-electron chi connectivity index (χ1n) is 9.77. The first-order chi connectivity index (χ1) is 15.5. The van der Waals surface area contributed by atoms with Crippen LogP contribution in [0.15, 0.2) is 90.5 Å². The van der Waals surface area contributed by atoms with Gasteiger partial charge in [0, 0.05) is 33.4 Å². The lowest BCUT2D eigenvalue weighted by Crippen LogP contribution is -2.35. The minimum atomic E-state index is -0.260. The Morgan fingerprint density at radius 3 is 2.44 bits per heavy atom. The number of nitrogens with one attached hydrogen (secondary N) is 2. The molecule has 0 aliphatic rings. The lowest BCUT2D eigenvalue weighted by Gasteiger charge is -2.12. The number of hydrazine groups is 1. The number of nitrogens with zero attached hydrogens (tertiary/aromatic N) is 1. The van der Waals surface area contributed by atoms with Crippen LogP contribution < -0.4 is 10.9 Å². The molecule has 0 aliphatic carbocycles. The highest BCUT2D eigenvalue weighted by Gasteiger charge is 2.08. The van der Waals surface area contributed by atoms with Crippen LogP contribution in [0.4, 0.5) is 0 Å². The molecule has 0 spiro atoms. The average molecular weight is 480 g/mol. The van der Waals surface area contributed by atoms with Crippen LogP contribution in [-0.4, -0.2) is 10.9 Å². The zero-order valence-electron chi connectivity index (χ0n) is 16.9. The Morgan fingerprint density at radius 2 is 1.66 bits per heavy atom. The first-order valence-corrected chi connectivity index (χ1v) is 11.5. The van der Waals surface area contributed by atoms with Crippen LogP contribution in [0.3, 0.4) is 0 Å². The Balaban J connectivity index is 1.34. The van der Waals surface area contributed by atoms with Gasteiger partial charge >= 0.3 is 0 Å². The fourth-order valence-corrected chi connectivity index (χ4v) is 4.36. The van der Waals surface area contributed by atoms with Crippen LogP contribution in [0.25, 0.3) is 16.6 Å². The molecule has 160 valence electrons. The Morgan fingerprint density at radius 1 is 0.906 bits per heavy atom. The summed E-state index contributed by atoms with van der Waals surface area (Å²) in [4.78, 5) is 18.1. The SMILES string of the molecule is C=C(NNC(=O)c1ccc(CSc2cccc3cccnc23)cc1)c1ccc(Cl)c(Cl)c1. The van der Waals surface area contributed by atoms with E-state index in [9.17, 15) is 4.79 Å². The van der Waals surface area contributed by atoms with Crippen LogP contribution in [-0.2, 0) is 5.75 Å². The number of carbonyl (C=O) groups is 1. The van der Waals surface area contributed by atoms with Crippen molar-refractivity contribution in [3.05, 3.63) is 112 Å². The van der Waals surface area contributed by atoms with Crippen LogP contribution in [0.2, 0.25) is 10.0 Å². The van der Waals surface area contributed by atoms with Gasteiger partial charge in [0.15, 0.2) is 0 Å². The minimum Gasteiger partial charge on any atom is -0.298 e. The Hall–Kier alpha value is -2.99. The predicted molar refractivity (Wildman–Crippen MR) is 134 cm³/mol. The van der Waals surface area contributed by atoms with Crippen LogP contribution in [0.1, 0.15) is 21.5 Å². The number of thioether (sulfide) groups is 1. The zero-order valence-corrected chi connectivity index (χ0v) is 19.3. The maximum Gasteiger partial charge on any atom is 0.269 e. The molecule has 7 heteroatoms. The number of fused-ring (bicyclic) bond motifs is 1. The number of aromatic nitrogens is 1. The van der Waals surface area contributed by atoms with Crippen molar-refractivity contribution < 1.29 is 4.79 Å². The second-order valence-corrected chi connectivity index (χ2v) is 8.84. The predicted octanol–water partition coefficient (Wildman–Crippen LogP) is 6.74. The smallest absolute Gasteiger partial charge is 0.269 e. The van der Waals surface area contributed by atoms with Crippen molar-refractivity contribution in [2.75, 3.05) is 0 Å². The molecule has 0 bridgehead atoms. The molecule has 1 aromatic heterocycles. The molecule has 0 saturated carbocycles. The van der Waals surface area contributed by atoms with Crippen molar-refractivity contribution in [1.29, 1.82) is 0 Å². The van der Waals surface area contributed by atoms with Gasteiger partial charge in [-0.1, -0.05) is 66.2 Å². The molecule has 0 radical (unpaired) electrons. The highest BCUT2D eigenvalue weighted by molar-refractivity contribution is 7.98. The van der Waals surface area contributed by atoms with Gasteiger partial charge in [0.1, 0.15) is 0 Å². The summed E-state index contributed by atoms with van der Waals surface area (Å²) in [5.74, 6) is 0.521. The van der Waals surface area contributed by atoms with Crippen molar-refractivity contribution in [3.63, 3.8) is 0 Å². The fourth-order valence-electron chi connectivity index (χ4n) is 3.07. The Bertz CT molecular complexity index is 1290. The van der Waals surface area contributed by atoms with Gasteiger partial charge in [-0.05, 0) is 42.0 Å². The molecule has 4 nitrogen and oxygen atoms in total. The lowest BCUT2D eigenvalue weighted by molar-refractivity contribution is 0.0942. The molecule has 2 N–H and O–H groups in total. The molecule has 0 fully saturated rings. The summed E-state index contributed by atoms with van der Waals surface area (Å²) in [6, 6.07) is 22.8. The van der Waals surface area contributed by atoms with Gasteiger partial charge in [0.2, 0.25) is 0 Å². The van der Waals surface area contributed by atoms with Crippen molar-refractivity contribution in [1.82, 2.24) is 15.8 Å². The number of pyridine rings is 1. The molecular weight excluding hydrogens is 461 g/mol. The third-order valence-corrected chi connectivity index (χ3v) is 6.66. The van der Waals surface area contributed by atoms with Gasteiger partial charge in [-0.3, -0.25) is 20.6 Å². The van der Waals surface area contributed by atoms with Crippen molar-refractivity contribution in [3.8, 4) is 0 Å². The summed E-state index contributed by atoms with van der Waals surface area (Å²) in [6.07, 6.45) is 1.81. The summed E-state index contributed by atoms with van der Waals surface area (Å²) in [5.41, 5.74) is 9.37. The van der Waals surface area contributed by atoms with Crippen LogP contribution in [0, 0.1) is 0 Å². The number of hydrogen-bond acceptors (Lipinski definition) is 4. The van der Waals surface area contributed by atoms with E-state index >= 15 is 0 Å². The van der Waals surface area contributed by atoms with Gasteiger partial charge < -0.3 is 0 Å². The van der Waals surface area contributed by atoms with E-state index in [0.717, 1.165) is 32.7 Å². The van der Waals surface area contributed by atoms with Crippen molar-refractivity contribution in [2.45, 2.75) is 10.6 Å². The summed E-state index contributed by atoms with van der Waals surface area (Å²) < 4.78 is 0. The molecule has 0 aliphatic heterocycles. The van der Waals surface area contributed by atoms with E-state index in [1.165, 1.54) is 0 Å². The normalized spacial score (nSPS) is 10.7. The molecule has 3 aromatic carbocycles. The number of carbonyl (C=O) groups excluding carboxylic acids is 1. The number of rotatable bonds is 7. The van der Waals surface area contributed by atoms with Crippen molar-refractivity contribution >= 4 is 57.5 Å². The van der Waals surface area contributed by atoms with E-state index in [4.69, 9.17) is 23.2 Å². The largest absolute Gasteiger partial charge is 0.298 e. The summed E-state index contributed by atoms with van der Waals surface area (Å²) in [7, 11) is 0. The molecule has 1 amide bonds. The average Bonchev–Trinajstić information content (AvgIpc) is 2.83. The van der Waals surface area contributed by atoms with E-state index in [-0.39, 0.29) is 5.91 Å². The minimum absolute atomic E-state index is 0.260. The molecule has 0 unspecified atom stereocenters. The van der Waals surface area contributed by atoms with Gasteiger partial charge in [0.25, 0.3) is 5.91 Å². The highest BCUT2D eigenvalue weighted by Crippen LogP contribution is 2.29. The molecule has 1 heterocycles. The highest BCUT2D eigenvalue weighted by atomic mass is 35.5. The first kappa shape index (κ1) is 22.2. The van der Waals surface area contributed by atoms with E-state index in [1.54, 1.807) is 42.1 Å². The third-order valence-electron chi connectivity index (χ3n) is 4.80. The standard InChI is InChI=1S/C25H19Cl2N3OS/c1-16(20-11-12-21(26)22(27)14-20)29-30-25(31)19-9-7-17(8-10-19)15-32-23-6-2-4-18-5-3-13-28-24(18)23/h2-14,29H,1,15H2,(H,30,31). The number of amides is 1. The topological polar surface area (TPSA) is 54.0 Å². The molecule has 0 saturated heterocycles. The zero-order chi connectivity index (χ0) is 22.5. The fraction of sp³-hybridized carbons (Fsp3) is 0.0400. The van der Waals surface area contributed by atoms with E-state index < -0.39 is 0 Å². The second kappa shape index (κ2) is 10.1. The summed E-state index contributed by atoms with van der Waals surface area (Å²) >= 11 is 13.7. The molecule has 32 heavy (non-hydrogen) atoms. The number of halogens is 2. The third kappa shape index (κ3) is 5.25. The number of benzene rings is 3. The van der Waals surface area contributed by atoms with Gasteiger partial charge in [-0.25, -0.2) is 0 Å². The number of para-hydroxylation sites is 1.